The molecule has 0 amide bonds. The van der Waals surface area contributed by atoms with Gasteiger partial charge in [-0.15, -0.1) is 0 Å². The fraction of sp³-hybridized carbons (Fsp3) is 0. The van der Waals surface area contributed by atoms with Crippen molar-refractivity contribution in [1.29, 1.82) is 0 Å². The molecular formula is C57H36N6. The summed E-state index contributed by atoms with van der Waals surface area (Å²) < 4.78 is 7.19. The van der Waals surface area contributed by atoms with Gasteiger partial charge in [-0.25, -0.2) is 4.98 Å². The van der Waals surface area contributed by atoms with Crippen LogP contribution in [0.3, 0.4) is 0 Å². The maximum absolute atomic E-state index is 5.34. The van der Waals surface area contributed by atoms with Gasteiger partial charge in [-0.05, 0) is 53.6 Å². The van der Waals surface area contributed by atoms with Crippen LogP contribution in [0, 0.1) is 0 Å². The zero-order chi connectivity index (χ0) is 41.4. The second-order valence-corrected chi connectivity index (χ2v) is 16.0. The molecule has 0 radical (unpaired) electrons. The molecule has 0 saturated heterocycles. The number of para-hydroxylation sites is 4. The Kier molecular flexibility index (Phi) is 7.80. The van der Waals surface area contributed by atoms with Gasteiger partial charge in [0.05, 0.1) is 38.8 Å². The molecule has 9 aromatic carbocycles. The van der Waals surface area contributed by atoms with E-state index in [9.17, 15) is 0 Å². The normalized spacial score (nSPS) is 11.8. The number of fused-ring (bicyclic) bond motifs is 10. The highest BCUT2D eigenvalue weighted by Crippen LogP contribution is 2.46. The first-order valence-electron chi connectivity index (χ1n) is 21.3. The van der Waals surface area contributed by atoms with Crippen molar-refractivity contribution in [1.82, 2.24) is 28.7 Å². The first kappa shape index (κ1) is 35.2. The summed E-state index contributed by atoms with van der Waals surface area (Å²) in [5.74, 6) is 1.78. The zero-order valence-electron chi connectivity index (χ0n) is 34.0. The van der Waals surface area contributed by atoms with Crippen LogP contribution in [0.5, 0.6) is 0 Å². The van der Waals surface area contributed by atoms with Gasteiger partial charge in [0.2, 0.25) is 5.95 Å². The third-order valence-electron chi connectivity index (χ3n) is 12.5. The van der Waals surface area contributed by atoms with Crippen LogP contribution in [0.25, 0.3) is 117 Å². The van der Waals surface area contributed by atoms with Gasteiger partial charge in [-0.2, -0.15) is 9.97 Å². The van der Waals surface area contributed by atoms with Gasteiger partial charge in [0.15, 0.2) is 11.6 Å². The summed E-state index contributed by atoms with van der Waals surface area (Å²) in [6, 6.07) is 77.4. The highest BCUT2D eigenvalue weighted by atomic mass is 15.2. The van der Waals surface area contributed by atoms with Crippen molar-refractivity contribution in [3.05, 3.63) is 218 Å². The van der Waals surface area contributed by atoms with Crippen LogP contribution >= 0.6 is 0 Å². The monoisotopic (exact) mass is 804 g/mol. The van der Waals surface area contributed by atoms with Crippen LogP contribution in [-0.2, 0) is 0 Å². The summed E-state index contributed by atoms with van der Waals surface area (Å²) in [7, 11) is 0. The highest BCUT2D eigenvalue weighted by molar-refractivity contribution is 6.29. The van der Waals surface area contributed by atoms with Crippen LogP contribution in [0.1, 0.15) is 0 Å². The predicted octanol–water partition coefficient (Wildman–Crippen LogP) is 14.2. The molecule has 4 heterocycles. The lowest BCUT2D eigenvalue weighted by Crippen LogP contribution is -2.07. The fourth-order valence-electron chi connectivity index (χ4n) is 9.78. The van der Waals surface area contributed by atoms with Crippen molar-refractivity contribution in [3.63, 3.8) is 0 Å². The van der Waals surface area contributed by atoms with Crippen molar-refractivity contribution in [2.75, 3.05) is 0 Å². The highest BCUT2D eigenvalue weighted by Gasteiger charge is 2.27. The smallest absolute Gasteiger partial charge is 0.238 e. The molecule has 4 aromatic heterocycles. The number of hydrogen-bond acceptors (Lipinski definition) is 3. The van der Waals surface area contributed by atoms with E-state index in [1.54, 1.807) is 0 Å². The molecule has 0 unspecified atom stereocenters. The van der Waals surface area contributed by atoms with Crippen molar-refractivity contribution in [2.24, 2.45) is 0 Å². The molecule has 0 atom stereocenters. The number of nitrogens with zero attached hydrogens (tertiary/aromatic N) is 6. The Balaban J connectivity index is 1.24. The lowest BCUT2D eigenvalue weighted by atomic mass is 10.0. The van der Waals surface area contributed by atoms with Crippen LogP contribution < -0.4 is 0 Å². The minimum absolute atomic E-state index is 0.551. The van der Waals surface area contributed by atoms with Crippen LogP contribution in [-0.4, -0.2) is 28.7 Å². The first-order valence-corrected chi connectivity index (χ1v) is 21.3. The molecule has 0 bridgehead atoms. The van der Waals surface area contributed by atoms with Gasteiger partial charge >= 0.3 is 0 Å². The molecule has 0 spiro atoms. The average molecular weight is 805 g/mol. The van der Waals surface area contributed by atoms with E-state index in [0.29, 0.717) is 17.6 Å². The van der Waals surface area contributed by atoms with Crippen molar-refractivity contribution >= 4 is 65.4 Å². The van der Waals surface area contributed by atoms with Crippen molar-refractivity contribution < 1.29 is 0 Å². The summed E-state index contributed by atoms with van der Waals surface area (Å²) in [6.45, 7) is 0. The van der Waals surface area contributed by atoms with E-state index in [-0.39, 0.29) is 0 Å². The number of rotatable bonds is 6. The second kappa shape index (κ2) is 14.0. The zero-order valence-corrected chi connectivity index (χ0v) is 34.0. The minimum Gasteiger partial charge on any atom is -0.308 e. The van der Waals surface area contributed by atoms with E-state index in [1.807, 2.05) is 36.4 Å². The number of aromatic nitrogens is 6. The Morgan fingerprint density at radius 2 is 0.730 bits per heavy atom. The maximum Gasteiger partial charge on any atom is 0.238 e. The molecule has 13 rings (SSSR count). The van der Waals surface area contributed by atoms with E-state index in [0.717, 1.165) is 71.9 Å². The van der Waals surface area contributed by atoms with E-state index in [2.05, 4.69) is 196 Å². The lowest BCUT2D eigenvalue weighted by Gasteiger charge is -2.15. The van der Waals surface area contributed by atoms with E-state index in [4.69, 9.17) is 15.0 Å². The quantitative estimate of drug-likeness (QED) is 0.168. The molecule has 63 heavy (non-hydrogen) atoms. The van der Waals surface area contributed by atoms with Crippen LogP contribution in [0.4, 0.5) is 0 Å². The molecule has 6 nitrogen and oxygen atoms in total. The summed E-state index contributed by atoms with van der Waals surface area (Å²) in [5.41, 5.74) is 12.9. The van der Waals surface area contributed by atoms with Gasteiger partial charge in [-0.3, -0.25) is 4.57 Å². The van der Waals surface area contributed by atoms with E-state index in [1.165, 1.54) is 27.1 Å². The predicted molar refractivity (Wildman–Crippen MR) is 259 cm³/mol. The molecule has 6 heteroatoms. The van der Waals surface area contributed by atoms with Gasteiger partial charge in [0.25, 0.3) is 0 Å². The number of benzene rings is 9. The SMILES string of the molecule is c1ccc(-c2cccc(-n3c4ccccc4c4c(-n5c6ccccc6c6ccccc65)cc5c(c6ccccc6n5-c5nc(-c6ccccc6)nc(-c6ccccc6)n5)c43)c2)cc1. The Labute approximate surface area is 362 Å². The molecule has 0 aliphatic rings. The molecule has 0 aliphatic heterocycles. The molecule has 294 valence electrons. The fourth-order valence-corrected chi connectivity index (χ4v) is 9.78. The molecule has 0 aliphatic carbocycles. The Bertz CT molecular complexity index is 3790. The van der Waals surface area contributed by atoms with Gasteiger partial charge in [0.1, 0.15) is 0 Å². The standard InChI is InChI=1S/C57H36N6/c1-4-19-37(20-5-1)40-25-18-26-41(35-40)61-48-33-16-12-29-44(48)52-50(62-46-31-14-10-27-42(46)43-28-11-15-32-47(43)62)36-51-53(54(52)61)45-30-13-17-34-49(45)63(51)57-59-55(38-21-6-2-7-22-38)58-56(60-57)39-23-8-3-9-24-39/h1-36H. The first-order chi connectivity index (χ1) is 31.3. The second-order valence-electron chi connectivity index (χ2n) is 16.0. The summed E-state index contributed by atoms with van der Waals surface area (Å²) in [5, 5.41) is 6.98. The summed E-state index contributed by atoms with van der Waals surface area (Å²) >= 11 is 0. The van der Waals surface area contributed by atoms with Crippen molar-refractivity contribution in [3.8, 4) is 51.2 Å². The third-order valence-corrected chi connectivity index (χ3v) is 12.5. The third kappa shape index (κ3) is 5.41. The summed E-state index contributed by atoms with van der Waals surface area (Å²) in [6.07, 6.45) is 0. The van der Waals surface area contributed by atoms with E-state index >= 15 is 0 Å². The maximum atomic E-state index is 5.34. The molecule has 0 fully saturated rings. The average Bonchev–Trinajstić information content (AvgIpc) is 4.00. The van der Waals surface area contributed by atoms with Gasteiger partial charge in [-0.1, -0.05) is 176 Å². The molecule has 13 aromatic rings. The number of hydrogen-bond donors (Lipinski definition) is 0. The Morgan fingerprint density at radius 1 is 0.286 bits per heavy atom. The lowest BCUT2D eigenvalue weighted by molar-refractivity contribution is 0.953. The van der Waals surface area contributed by atoms with Gasteiger partial charge in [0, 0.05) is 49.1 Å². The van der Waals surface area contributed by atoms with E-state index < -0.39 is 0 Å². The molecular weight excluding hydrogens is 769 g/mol. The Hall–Kier alpha value is -8.61. The van der Waals surface area contributed by atoms with Crippen molar-refractivity contribution in [2.45, 2.75) is 0 Å². The molecule has 0 saturated carbocycles. The molecule has 0 N–H and O–H groups in total. The van der Waals surface area contributed by atoms with Crippen LogP contribution in [0.15, 0.2) is 218 Å². The topological polar surface area (TPSA) is 53.5 Å². The largest absolute Gasteiger partial charge is 0.308 e. The summed E-state index contributed by atoms with van der Waals surface area (Å²) in [4.78, 5) is 15.8. The minimum atomic E-state index is 0.551. The van der Waals surface area contributed by atoms with Crippen LogP contribution in [0.2, 0.25) is 0 Å². The Morgan fingerprint density at radius 3 is 1.30 bits per heavy atom. The van der Waals surface area contributed by atoms with Gasteiger partial charge < -0.3 is 9.13 Å².